The Hall–Kier alpha value is -2.88. The monoisotopic (exact) mass is 605 g/mol. The first-order valence-electron chi connectivity index (χ1n) is 11.5. The summed E-state index contributed by atoms with van der Waals surface area (Å²) in [6, 6.07) is 20.8. The molecule has 0 aliphatic carbocycles. The van der Waals surface area contributed by atoms with Crippen molar-refractivity contribution in [2.45, 2.75) is 25.9 Å². The lowest BCUT2D eigenvalue weighted by atomic mass is 10.0. The molecule has 0 radical (unpaired) electrons. The lowest BCUT2D eigenvalue weighted by Crippen LogP contribution is -2.53. The van der Waals surface area contributed by atoms with Gasteiger partial charge in [0.25, 0.3) is 0 Å². The molecule has 37 heavy (non-hydrogen) atoms. The number of sulfonamides is 1. The third-order valence-electron chi connectivity index (χ3n) is 5.95. The van der Waals surface area contributed by atoms with Crippen LogP contribution < -0.4 is 9.62 Å². The second-order valence-corrected chi connectivity index (χ2v) is 11.9. The van der Waals surface area contributed by atoms with E-state index < -0.39 is 28.5 Å². The fourth-order valence-corrected chi connectivity index (χ4v) is 5.53. The molecule has 1 atom stereocenters. The smallest absolute Gasteiger partial charge is 0.244 e. The Bertz CT molecular complexity index is 1370. The van der Waals surface area contributed by atoms with E-state index in [4.69, 9.17) is 11.6 Å². The molecule has 0 aromatic heterocycles. The van der Waals surface area contributed by atoms with E-state index in [0.717, 1.165) is 26.2 Å². The molecule has 1 N–H and O–H groups in total. The van der Waals surface area contributed by atoms with Crippen LogP contribution in [0, 0.1) is 6.92 Å². The van der Waals surface area contributed by atoms with Gasteiger partial charge in [-0.2, -0.15) is 0 Å². The molecular formula is C27H29BrClN3O4S. The lowest BCUT2D eigenvalue weighted by molar-refractivity contribution is -0.139. The van der Waals surface area contributed by atoms with Gasteiger partial charge in [-0.05, 0) is 47.9 Å². The number of carbonyl (C=O) groups is 2. The normalized spacial score (nSPS) is 12.0. The van der Waals surface area contributed by atoms with E-state index in [1.54, 1.807) is 25.1 Å². The molecule has 2 amide bonds. The van der Waals surface area contributed by atoms with Gasteiger partial charge in [-0.1, -0.05) is 76.1 Å². The van der Waals surface area contributed by atoms with E-state index in [1.807, 2.05) is 54.6 Å². The van der Waals surface area contributed by atoms with Crippen LogP contribution in [0.5, 0.6) is 0 Å². The van der Waals surface area contributed by atoms with Crippen molar-refractivity contribution >= 4 is 55.1 Å². The molecule has 0 saturated carbocycles. The topological polar surface area (TPSA) is 86.8 Å². The summed E-state index contributed by atoms with van der Waals surface area (Å²) in [5.41, 5.74) is 2.50. The summed E-state index contributed by atoms with van der Waals surface area (Å²) in [6.07, 6.45) is 1.30. The quantitative estimate of drug-likeness (QED) is 0.367. The minimum Gasteiger partial charge on any atom is -0.357 e. The molecule has 0 spiro atoms. The van der Waals surface area contributed by atoms with Crippen molar-refractivity contribution in [1.82, 2.24) is 10.2 Å². The molecule has 0 unspecified atom stereocenters. The van der Waals surface area contributed by atoms with Crippen LogP contribution in [-0.2, 0) is 32.6 Å². The number of nitrogens with one attached hydrogen (secondary N) is 1. The molecule has 0 aliphatic rings. The summed E-state index contributed by atoms with van der Waals surface area (Å²) >= 11 is 9.71. The van der Waals surface area contributed by atoms with E-state index in [9.17, 15) is 18.0 Å². The molecule has 0 aliphatic heterocycles. The predicted molar refractivity (Wildman–Crippen MR) is 151 cm³/mol. The highest BCUT2D eigenvalue weighted by atomic mass is 79.9. The molecule has 0 fully saturated rings. The first-order chi connectivity index (χ1) is 17.5. The molecule has 196 valence electrons. The van der Waals surface area contributed by atoms with Crippen molar-refractivity contribution < 1.29 is 18.0 Å². The molecule has 7 nitrogen and oxygen atoms in total. The summed E-state index contributed by atoms with van der Waals surface area (Å²) in [6.45, 7) is 1.31. The average molecular weight is 607 g/mol. The van der Waals surface area contributed by atoms with Crippen molar-refractivity contribution in [3.05, 3.63) is 99.0 Å². The minimum atomic E-state index is -3.86. The molecule has 0 bridgehead atoms. The third kappa shape index (κ3) is 7.56. The van der Waals surface area contributed by atoms with E-state index in [-0.39, 0.29) is 18.9 Å². The van der Waals surface area contributed by atoms with Gasteiger partial charge in [-0.15, -0.1) is 0 Å². The van der Waals surface area contributed by atoms with Gasteiger partial charge in [0.1, 0.15) is 12.6 Å². The Balaban J connectivity index is 2.06. The van der Waals surface area contributed by atoms with Crippen molar-refractivity contribution in [3.8, 4) is 0 Å². The van der Waals surface area contributed by atoms with Crippen LogP contribution in [0.25, 0.3) is 0 Å². The van der Waals surface area contributed by atoms with E-state index >= 15 is 0 Å². The van der Waals surface area contributed by atoms with Gasteiger partial charge in [0, 0.05) is 29.5 Å². The number of likely N-dealkylation sites (N-methyl/N-ethyl adjacent to an activating group) is 1. The number of halogens is 2. The number of nitrogens with zero attached hydrogens (tertiary/aromatic N) is 2. The van der Waals surface area contributed by atoms with Crippen LogP contribution in [0.4, 0.5) is 5.69 Å². The number of hydrogen-bond acceptors (Lipinski definition) is 4. The molecule has 10 heteroatoms. The van der Waals surface area contributed by atoms with Gasteiger partial charge in [0.2, 0.25) is 21.8 Å². The molecule has 3 aromatic rings. The maximum Gasteiger partial charge on any atom is 0.244 e. The fourth-order valence-electron chi connectivity index (χ4n) is 4.01. The first-order valence-corrected chi connectivity index (χ1v) is 14.6. The SMILES string of the molecule is CNC(=O)[C@H](Cc1ccccc1)N(Cc1cccc(Br)c1)C(=O)CN(c1cccc(Cl)c1C)S(C)(=O)=O. The second-order valence-electron chi connectivity index (χ2n) is 8.62. The predicted octanol–water partition coefficient (Wildman–Crippen LogP) is 4.56. The van der Waals surface area contributed by atoms with Gasteiger partial charge in [-0.25, -0.2) is 8.42 Å². The number of rotatable bonds is 10. The van der Waals surface area contributed by atoms with Gasteiger partial charge in [0.05, 0.1) is 11.9 Å². The third-order valence-corrected chi connectivity index (χ3v) is 7.98. The van der Waals surface area contributed by atoms with Crippen LogP contribution in [0.3, 0.4) is 0 Å². The zero-order valence-electron chi connectivity index (χ0n) is 20.8. The number of amides is 2. The average Bonchev–Trinajstić information content (AvgIpc) is 2.86. The lowest BCUT2D eigenvalue weighted by Gasteiger charge is -2.33. The van der Waals surface area contributed by atoms with E-state index in [1.165, 1.54) is 11.9 Å². The highest BCUT2D eigenvalue weighted by molar-refractivity contribution is 9.10. The Labute approximate surface area is 231 Å². The summed E-state index contributed by atoms with van der Waals surface area (Å²) < 4.78 is 27.5. The van der Waals surface area contributed by atoms with Gasteiger partial charge >= 0.3 is 0 Å². The van der Waals surface area contributed by atoms with Crippen LogP contribution >= 0.6 is 27.5 Å². The second kappa shape index (κ2) is 12.6. The summed E-state index contributed by atoms with van der Waals surface area (Å²) in [5, 5.41) is 3.04. The van der Waals surface area contributed by atoms with Gasteiger partial charge in [-0.3, -0.25) is 13.9 Å². The Morgan fingerprint density at radius 3 is 2.27 bits per heavy atom. The Morgan fingerprint density at radius 1 is 1.00 bits per heavy atom. The maximum absolute atomic E-state index is 13.9. The van der Waals surface area contributed by atoms with Crippen LogP contribution in [0.15, 0.2) is 77.3 Å². The van der Waals surface area contributed by atoms with E-state index in [2.05, 4.69) is 21.2 Å². The number of hydrogen-bond donors (Lipinski definition) is 1. The standard InChI is InChI=1S/C27H29BrClN3O4S/c1-19-23(29)13-8-14-24(19)32(37(3,35)36)18-26(33)31(17-21-11-7-12-22(28)15-21)25(27(34)30-2)16-20-9-5-4-6-10-20/h4-15,25H,16-18H2,1-3H3,(H,30,34)/t25-/m0/s1. The number of benzene rings is 3. The zero-order chi connectivity index (χ0) is 27.2. The van der Waals surface area contributed by atoms with Crippen molar-refractivity contribution in [3.63, 3.8) is 0 Å². The summed E-state index contributed by atoms with van der Waals surface area (Å²) in [4.78, 5) is 28.4. The summed E-state index contributed by atoms with van der Waals surface area (Å²) in [7, 11) is -2.34. The van der Waals surface area contributed by atoms with Crippen LogP contribution in [0.2, 0.25) is 5.02 Å². The molecule has 0 saturated heterocycles. The van der Waals surface area contributed by atoms with Crippen molar-refractivity contribution in [2.24, 2.45) is 0 Å². The van der Waals surface area contributed by atoms with E-state index in [0.29, 0.717) is 16.3 Å². The molecule has 0 heterocycles. The molecular weight excluding hydrogens is 578 g/mol. The molecule has 3 rings (SSSR count). The highest BCUT2D eigenvalue weighted by Crippen LogP contribution is 2.28. The first kappa shape index (κ1) is 28.7. The van der Waals surface area contributed by atoms with Gasteiger partial charge < -0.3 is 10.2 Å². The van der Waals surface area contributed by atoms with Crippen molar-refractivity contribution in [2.75, 3.05) is 24.2 Å². The van der Waals surface area contributed by atoms with Crippen LogP contribution in [-0.4, -0.2) is 51.0 Å². The highest BCUT2D eigenvalue weighted by Gasteiger charge is 2.33. The number of anilines is 1. The van der Waals surface area contributed by atoms with Crippen LogP contribution in [0.1, 0.15) is 16.7 Å². The zero-order valence-corrected chi connectivity index (χ0v) is 24.0. The Kier molecular flexibility index (Phi) is 9.75. The largest absolute Gasteiger partial charge is 0.357 e. The van der Waals surface area contributed by atoms with Gasteiger partial charge in [0.15, 0.2) is 0 Å². The molecule has 3 aromatic carbocycles. The fraction of sp³-hybridized carbons (Fsp3) is 0.259. The van der Waals surface area contributed by atoms with Crippen molar-refractivity contribution in [1.29, 1.82) is 0 Å². The Morgan fingerprint density at radius 2 is 1.65 bits per heavy atom. The maximum atomic E-state index is 13.9. The summed E-state index contributed by atoms with van der Waals surface area (Å²) in [5.74, 6) is -0.869. The minimum absolute atomic E-state index is 0.106. The number of carbonyl (C=O) groups excluding carboxylic acids is 2.